The number of hydrogen-bond donors (Lipinski definition) is 4. The normalized spacial score (nSPS) is 22.8. The van der Waals surface area contributed by atoms with Crippen molar-refractivity contribution in [2.45, 2.75) is 122 Å². The number of aromatic nitrogens is 5. The maximum Gasteiger partial charge on any atom is 0.302 e. The Hall–Kier alpha value is -6.69. The number of nitrogens with zero attached hydrogens (tertiary/aromatic N) is 8. The highest BCUT2D eigenvalue weighted by atomic mass is 32.1. The lowest BCUT2D eigenvalue weighted by Gasteiger charge is -2.42. The Morgan fingerprint density at radius 1 is 0.899 bits per heavy atom. The first-order valence-electron chi connectivity index (χ1n) is 23.9. The topological polar surface area (TPSA) is 222 Å². The lowest BCUT2D eigenvalue weighted by Crippen LogP contribution is -2.58. The lowest BCUT2D eigenvalue weighted by atomic mass is 9.78. The number of likely N-dealkylation sites (tertiary alicyclic amines) is 1. The van der Waals surface area contributed by atoms with E-state index >= 15 is 0 Å². The van der Waals surface area contributed by atoms with Gasteiger partial charge >= 0.3 is 5.97 Å². The number of aromatic hydroxyl groups is 1. The number of ether oxygens (including phenoxy) is 1. The van der Waals surface area contributed by atoms with Crippen LogP contribution >= 0.6 is 11.3 Å². The number of nitrogens with one attached hydrogen (secondary N) is 2. The van der Waals surface area contributed by atoms with Crippen LogP contribution in [0.15, 0.2) is 72.5 Å². The van der Waals surface area contributed by atoms with Crippen LogP contribution < -0.4 is 26.2 Å². The SMILES string of the molecule is CC(=O)O[C@@H]1C[C@@H](C(=O)NCc2ccc(-c3scnc3C)cc2)N(C(=O)[C@@H](NC(=O)C2CCC(c3cnc(N4C5CCC4CN(c4cc(-c6ccccc6O)nnc4N)C5)nc3)CC2)C(C)(C)C)C1. The van der Waals surface area contributed by atoms with Crippen molar-refractivity contribution in [2.75, 3.05) is 35.2 Å². The summed E-state index contributed by atoms with van der Waals surface area (Å²) in [6.45, 7) is 10.7. The second-order valence-electron chi connectivity index (χ2n) is 20.0. The van der Waals surface area contributed by atoms with E-state index in [1.54, 1.807) is 23.5 Å². The molecule has 0 spiro atoms. The van der Waals surface area contributed by atoms with E-state index < -0.39 is 29.6 Å². The summed E-state index contributed by atoms with van der Waals surface area (Å²) in [6.07, 6.45) is 8.19. The second-order valence-corrected chi connectivity index (χ2v) is 20.9. The summed E-state index contributed by atoms with van der Waals surface area (Å²) in [7, 11) is 0. The monoisotopic (exact) mass is 955 g/mol. The van der Waals surface area contributed by atoms with Gasteiger partial charge in [0.2, 0.25) is 23.7 Å². The first kappa shape index (κ1) is 47.4. The zero-order valence-electron chi connectivity index (χ0n) is 39.8. The van der Waals surface area contributed by atoms with Crippen LogP contribution in [0.25, 0.3) is 21.7 Å². The van der Waals surface area contributed by atoms with Crippen molar-refractivity contribution in [3.8, 4) is 27.4 Å². The van der Waals surface area contributed by atoms with E-state index in [0.29, 0.717) is 35.9 Å². The molecule has 3 saturated heterocycles. The van der Waals surface area contributed by atoms with Crippen LogP contribution in [-0.2, 0) is 30.5 Å². The maximum absolute atomic E-state index is 14.5. The summed E-state index contributed by atoms with van der Waals surface area (Å²) >= 11 is 1.58. The molecule has 0 radical (unpaired) electrons. The van der Waals surface area contributed by atoms with Gasteiger partial charge in [-0.15, -0.1) is 21.5 Å². The number of anilines is 3. The van der Waals surface area contributed by atoms with Crippen LogP contribution in [0.1, 0.15) is 95.4 Å². The van der Waals surface area contributed by atoms with Crippen molar-refractivity contribution in [2.24, 2.45) is 11.3 Å². The van der Waals surface area contributed by atoms with Crippen LogP contribution in [0.2, 0.25) is 0 Å². The number of nitrogens with two attached hydrogens (primary N) is 1. The molecular formula is C51H61N11O6S. The van der Waals surface area contributed by atoms with Gasteiger partial charge in [-0.1, -0.05) is 57.2 Å². The van der Waals surface area contributed by atoms with Crippen molar-refractivity contribution >= 4 is 52.5 Å². The van der Waals surface area contributed by atoms with Gasteiger partial charge in [-0.25, -0.2) is 15.0 Å². The van der Waals surface area contributed by atoms with E-state index in [1.165, 1.54) is 11.8 Å². The highest BCUT2D eigenvalue weighted by Gasteiger charge is 2.47. The Bertz CT molecular complexity index is 2670. The fourth-order valence-electron chi connectivity index (χ4n) is 10.6. The number of para-hydroxylation sites is 1. The molecule has 4 aliphatic rings. The van der Waals surface area contributed by atoms with E-state index in [-0.39, 0.29) is 66.9 Å². The number of piperazine rings is 1. The van der Waals surface area contributed by atoms with Crippen LogP contribution in [0, 0.1) is 18.3 Å². The predicted molar refractivity (Wildman–Crippen MR) is 263 cm³/mol. The maximum atomic E-state index is 14.5. The molecule has 3 amide bonds. The molecule has 362 valence electrons. The molecule has 2 aromatic carbocycles. The highest BCUT2D eigenvalue weighted by Crippen LogP contribution is 2.40. The number of esters is 1. The molecule has 5 N–H and O–H groups in total. The number of hydrogen-bond acceptors (Lipinski definition) is 15. The molecule has 9 rings (SSSR count). The number of phenols is 1. The van der Waals surface area contributed by atoms with Crippen LogP contribution in [0.3, 0.4) is 0 Å². The number of phenolic OH excluding ortho intramolecular Hbond substituents is 1. The number of thiazole rings is 1. The minimum atomic E-state index is -0.921. The van der Waals surface area contributed by atoms with Crippen molar-refractivity contribution in [3.05, 3.63) is 89.3 Å². The number of carbonyl (C=O) groups excluding carboxylic acids is 4. The molecule has 18 heteroatoms. The summed E-state index contributed by atoms with van der Waals surface area (Å²) in [5.41, 5.74) is 13.4. The number of nitrogen functional groups attached to an aromatic ring is 1. The summed E-state index contributed by atoms with van der Waals surface area (Å²) in [5.74, 6) is -0.311. The van der Waals surface area contributed by atoms with Gasteiger partial charge in [0.15, 0.2) is 5.82 Å². The fraction of sp³-hybridized carbons (Fsp3) is 0.471. The molecule has 2 bridgehead atoms. The Morgan fingerprint density at radius 2 is 1.59 bits per heavy atom. The van der Waals surface area contributed by atoms with Crippen LogP contribution in [0.5, 0.6) is 5.75 Å². The van der Waals surface area contributed by atoms with E-state index in [0.717, 1.165) is 71.7 Å². The zero-order valence-corrected chi connectivity index (χ0v) is 40.6. The minimum Gasteiger partial charge on any atom is -0.507 e. The zero-order chi connectivity index (χ0) is 48.6. The van der Waals surface area contributed by atoms with Gasteiger partial charge in [0.05, 0.1) is 34.0 Å². The molecule has 1 saturated carbocycles. The van der Waals surface area contributed by atoms with Crippen molar-refractivity contribution in [3.63, 3.8) is 0 Å². The summed E-state index contributed by atoms with van der Waals surface area (Å²) in [5, 5.41) is 25.1. The van der Waals surface area contributed by atoms with Crippen molar-refractivity contribution in [1.82, 2.24) is 40.7 Å². The predicted octanol–water partition coefficient (Wildman–Crippen LogP) is 6.16. The summed E-state index contributed by atoms with van der Waals surface area (Å²) < 4.78 is 5.54. The number of rotatable bonds is 12. The Kier molecular flexibility index (Phi) is 13.5. The van der Waals surface area contributed by atoms with E-state index in [9.17, 15) is 24.3 Å². The van der Waals surface area contributed by atoms with Gasteiger partial charge in [-0.2, -0.15) is 0 Å². The van der Waals surface area contributed by atoms with Gasteiger partial charge in [0.25, 0.3) is 0 Å². The van der Waals surface area contributed by atoms with Gasteiger partial charge < -0.3 is 40.9 Å². The smallest absolute Gasteiger partial charge is 0.302 e. The molecule has 69 heavy (non-hydrogen) atoms. The highest BCUT2D eigenvalue weighted by molar-refractivity contribution is 7.13. The number of aryl methyl sites for hydroxylation is 1. The number of carbonyl (C=O) groups is 4. The standard InChI is InChI=1S/C51H61N11O6S/c1-29-44(69-28-56-29)33-12-10-31(11-13-33)22-53-48(66)42-20-38(68-30(2)63)27-61(42)49(67)45(51(3,4)5)57-47(65)34-16-14-32(15-17-34)35-23-54-50(55-24-35)62-36-18-19-37(62)26-60(25-36)41-21-40(58-59-46(41)52)39-8-6-7-9-43(39)64/h6-13,21,23-24,28,32,34,36-38,42,45,64H,14-20,22,25-27H2,1-5H3,(H2,52,59)(H,53,66)(H,57,65)/t32?,34?,36?,37?,38-,42+,45-/m1/s1. The van der Waals surface area contributed by atoms with Gasteiger partial charge in [-0.05, 0) is 91.7 Å². The molecule has 2 unspecified atom stereocenters. The van der Waals surface area contributed by atoms with Gasteiger partial charge in [-0.3, -0.25) is 19.2 Å². The van der Waals surface area contributed by atoms with Crippen LogP contribution in [0.4, 0.5) is 17.5 Å². The minimum absolute atomic E-state index is 0.0481. The Morgan fingerprint density at radius 3 is 2.23 bits per heavy atom. The van der Waals surface area contributed by atoms with Crippen molar-refractivity contribution < 1.29 is 29.0 Å². The van der Waals surface area contributed by atoms with E-state index in [4.69, 9.17) is 20.4 Å². The first-order valence-corrected chi connectivity index (χ1v) is 24.8. The van der Waals surface area contributed by atoms with E-state index in [1.807, 2.05) is 88.1 Å². The fourth-order valence-corrected chi connectivity index (χ4v) is 11.4. The molecule has 3 aromatic heterocycles. The second kappa shape index (κ2) is 19.7. The molecule has 5 atom stereocenters. The third-order valence-corrected chi connectivity index (χ3v) is 15.2. The summed E-state index contributed by atoms with van der Waals surface area (Å²) in [6, 6.07) is 15.5. The van der Waals surface area contributed by atoms with Gasteiger partial charge in [0.1, 0.15) is 23.9 Å². The summed E-state index contributed by atoms with van der Waals surface area (Å²) in [4.78, 5) is 75.8. The molecule has 1 aliphatic carbocycles. The molecule has 4 fully saturated rings. The largest absolute Gasteiger partial charge is 0.507 e. The molecule has 17 nitrogen and oxygen atoms in total. The average molecular weight is 956 g/mol. The quantitative estimate of drug-likeness (QED) is 0.103. The molecule has 6 heterocycles. The average Bonchev–Trinajstić information content (AvgIpc) is 4.04. The number of amides is 3. The molecule has 3 aliphatic heterocycles. The third kappa shape index (κ3) is 10.2. The van der Waals surface area contributed by atoms with E-state index in [2.05, 4.69) is 35.6 Å². The van der Waals surface area contributed by atoms with Crippen LogP contribution in [-0.4, -0.2) is 109 Å². The Labute approximate surface area is 406 Å². The number of benzene rings is 2. The van der Waals surface area contributed by atoms with Gasteiger partial charge in [0, 0.05) is 68.9 Å². The van der Waals surface area contributed by atoms with Crippen molar-refractivity contribution in [1.29, 1.82) is 0 Å². The molecule has 5 aromatic rings. The Balaban J connectivity index is 0.798. The first-order chi connectivity index (χ1) is 33.1. The third-order valence-electron chi connectivity index (χ3n) is 14.3. The number of fused-ring (bicyclic) bond motifs is 2. The lowest BCUT2D eigenvalue weighted by molar-refractivity contribution is -0.147. The molecular weight excluding hydrogens is 895 g/mol.